The lowest BCUT2D eigenvalue weighted by Crippen LogP contribution is -2.48. The number of hydrogen-bond donors (Lipinski definition) is 1. The summed E-state index contributed by atoms with van der Waals surface area (Å²) in [4.78, 5) is 33.1. The minimum Gasteiger partial charge on any atom is -0.340 e. The molecule has 0 aromatic carbocycles. The molecule has 3 aliphatic heterocycles. The number of rotatable bonds is 5. The molecule has 0 aliphatic carbocycles. The summed E-state index contributed by atoms with van der Waals surface area (Å²) < 4.78 is 0. The van der Waals surface area contributed by atoms with Crippen LogP contribution >= 0.6 is 11.6 Å². The van der Waals surface area contributed by atoms with E-state index in [1.807, 2.05) is 23.6 Å². The zero-order chi connectivity index (χ0) is 18.0. The zero-order valence-electron chi connectivity index (χ0n) is 14.7. The van der Waals surface area contributed by atoms with Gasteiger partial charge >= 0.3 is 0 Å². The monoisotopic (exact) mass is 365 g/mol. The van der Waals surface area contributed by atoms with Crippen molar-refractivity contribution >= 4 is 23.4 Å². The third kappa shape index (κ3) is 4.21. The summed E-state index contributed by atoms with van der Waals surface area (Å²) in [6.45, 7) is 5.85. The van der Waals surface area contributed by atoms with Gasteiger partial charge in [0.1, 0.15) is 5.82 Å². The summed E-state index contributed by atoms with van der Waals surface area (Å²) in [6, 6.07) is 0.116. The summed E-state index contributed by atoms with van der Waals surface area (Å²) >= 11 is 5.68. The van der Waals surface area contributed by atoms with Crippen LogP contribution in [0, 0.1) is 5.92 Å². The Labute approximate surface area is 152 Å². The molecular formula is C17H24ClN5O2. The number of nitrogens with one attached hydrogen (secondary N) is 1. The van der Waals surface area contributed by atoms with Gasteiger partial charge in [0.25, 0.3) is 0 Å². The molecule has 0 radical (unpaired) electrons. The lowest BCUT2D eigenvalue weighted by molar-refractivity contribution is -0.139. The third-order valence-corrected chi connectivity index (χ3v) is 5.09. The molecule has 3 aliphatic rings. The second-order valence-electron chi connectivity index (χ2n) is 7.05. The molecule has 3 saturated heterocycles. The molecule has 4 heterocycles. The van der Waals surface area contributed by atoms with E-state index in [-0.39, 0.29) is 29.1 Å². The molecule has 25 heavy (non-hydrogen) atoms. The van der Waals surface area contributed by atoms with Crippen molar-refractivity contribution in [3.05, 3.63) is 22.8 Å². The normalized spacial score (nSPS) is 22.9. The van der Waals surface area contributed by atoms with Crippen molar-refractivity contribution in [1.82, 2.24) is 25.0 Å². The van der Waals surface area contributed by atoms with Crippen LogP contribution in [0.2, 0.25) is 5.28 Å². The molecule has 1 aromatic rings. The molecule has 4 rings (SSSR count). The number of amides is 2. The number of carbonyl (C=O) groups is 2. The number of allylic oxidation sites excluding steroid dienone is 1. The summed E-state index contributed by atoms with van der Waals surface area (Å²) in [5, 5.41) is 6.64. The SMILES string of the molecule is CC(C)=CCN1C(=O)[C@@H]2CC[C@H]1CN(C(=O)CCc1nc(Cl)n[nH]1)C2. The van der Waals surface area contributed by atoms with Crippen LogP contribution in [-0.4, -0.2) is 62.5 Å². The Morgan fingerprint density at radius 2 is 2.16 bits per heavy atom. The van der Waals surface area contributed by atoms with Gasteiger partial charge in [-0.3, -0.25) is 14.7 Å². The fraction of sp³-hybridized carbons (Fsp3) is 0.647. The molecule has 1 aromatic heterocycles. The predicted octanol–water partition coefficient (Wildman–Crippen LogP) is 1.81. The van der Waals surface area contributed by atoms with Crippen molar-refractivity contribution in [1.29, 1.82) is 0 Å². The van der Waals surface area contributed by atoms with E-state index in [1.165, 1.54) is 5.57 Å². The summed E-state index contributed by atoms with van der Waals surface area (Å²) in [5.41, 5.74) is 1.20. The van der Waals surface area contributed by atoms with Gasteiger partial charge in [-0.15, -0.1) is 5.10 Å². The van der Waals surface area contributed by atoms with Gasteiger partial charge in [-0.25, -0.2) is 4.98 Å². The average Bonchev–Trinajstić information content (AvgIpc) is 2.80. The Kier molecular flexibility index (Phi) is 5.42. The van der Waals surface area contributed by atoms with Crippen LogP contribution in [0.15, 0.2) is 11.6 Å². The topological polar surface area (TPSA) is 82.2 Å². The average molecular weight is 366 g/mol. The number of halogens is 1. The largest absolute Gasteiger partial charge is 0.340 e. The number of H-pyrrole nitrogens is 1. The Hall–Kier alpha value is -1.89. The van der Waals surface area contributed by atoms with Crippen LogP contribution < -0.4 is 0 Å². The molecular weight excluding hydrogens is 342 g/mol. The molecule has 7 nitrogen and oxygen atoms in total. The van der Waals surface area contributed by atoms with Crippen LogP contribution in [0.1, 0.15) is 38.9 Å². The zero-order valence-corrected chi connectivity index (χ0v) is 15.4. The van der Waals surface area contributed by atoms with Crippen LogP contribution in [0.5, 0.6) is 0 Å². The Morgan fingerprint density at radius 3 is 2.84 bits per heavy atom. The van der Waals surface area contributed by atoms with Gasteiger partial charge in [-0.2, -0.15) is 0 Å². The molecule has 2 bridgehead atoms. The van der Waals surface area contributed by atoms with E-state index in [0.29, 0.717) is 38.3 Å². The van der Waals surface area contributed by atoms with E-state index in [2.05, 4.69) is 21.3 Å². The highest BCUT2D eigenvalue weighted by Crippen LogP contribution is 2.29. The highest BCUT2D eigenvalue weighted by molar-refractivity contribution is 6.28. The quantitative estimate of drug-likeness (QED) is 0.807. The first-order valence-corrected chi connectivity index (χ1v) is 9.10. The number of nitrogens with zero attached hydrogens (tertiary/aromatic N) is 4. The highest BCUT2D eigenvalue weighted by Gasteiger charge is 2.41. The van der Waals surface area contributed by atoms with Crippen LogP contribution in [0.25, 0.3) is 0 Å². The number of fused-ring (bicyclic) bond motifs is 4. The minimum atomic E-state index is -0.0759. The molecule has 2 atom stereocenters. The van der Waals surface area contributed by atoms with Gasteiger partial charge in [-0.05, 0) is 38.3 Å². The Bertz CT molecular complexity index is 682. The number of aryl methyl sites for hydroxylation is 1. The van der Waals surface area contributed by atoms with E-state index in [4.69, 9.17) is 11.6 Å². The van der Waals surface area contributed by atoms with Crippen LogP contribution in [-0.2, 0) is 16.0 Å². The highest BCUT2D eigenvalue weighted by atomic mass is 35.5. The third-order valence-electron chi connectivity index (χ3n) is 4.92. The molecule has 3 fully saturated rings. The van der Waals surface area contributed by atoms with E-state index in [1.54, 1.807) is 0 Å². The summed E-state index contributed by atoms with van der Waals surface area (Å²) in [7, 11) is 0. The van der Waals surface area contributed by atoms with E-state index < -0.39 is 0 Å². The Balaban J connectivity index is 1.63. The van der Waals surface area contributed by atoms with Gasteiger partial charge in [0, 0.05) is 38.5 Å². The molecule has 8 heteroatoms. The number of hydrogen-bond acceptors (Lipinski definition) is 4. The molecule has 1 N–H and O–H groups in total. The number of aromatic nitrogens is 3. The second kappa shape index (κ2) is 7.56. The predicted molar refractivity (Wildman–Crippen MR) is 93.9 cm³/mol. The van der Waals surface area contributed by atoms with Crippen molar-refractivity contribution in [3.63, 3.8) is 0 Å². The van der Waals surface area contributed by atoms with Crippen molar-refractivity contribution in [3.8, 4) is 0 Å². The summed E-state index contributed by atoms with van der Waals surface area (Å²) in [5.74, 6) is 0.776. The van der Waals surface area contributed by atoms with Gasteiger partial charge in [0.05, 0.1) is 5.92 Å². The van der Waals surface area contributed by atoms with Crippen LogP contribution in [0.4, 0.5) is 0 Å². The van der Waals surface area contributed by atoms with Crippen molar-refractivity contribution in [2.24, 2.45) is 5.92 Å². The number of aromatic amines is 1. The van der Waals surface area contributed by atoms with Gasteiger partial charge in [0.2, 0.25) is 17.1 Å². The lowest BCUT2D eigenvalue weighted by atomic mass is 9.94. The molecule has 0 unspecified atom stereocenters. The standard InChI is InChI=1S/C17H24ClN5O2/c1-11(2)7-8-23-13-4-3-12(16(23)25)9-22(10-13)15(24)6-5-14-19-17(18)21-20-14/h7,12-13H,3-6,8-10H2,1-2H3,(H,19,20,21)/t12-,13+/m1/s1. The van der Waals surface area contributed by atoms with Gasteiger partial charge in [0.15, 0.2) is 0 Å². The first-order chi connectivity index (χ1) is 11.9. The smallest absolute Gasteiger partial charge is 0.242 e. The van der Waals surface area contributed by atoms with E-state index in [0.717, 1.165) is 12.8 Å². The van der Waals surface area contributed by atoms with E-state index in [9.17, 15) is 9.59 Å². The van der Waals surface area contributed by atoms with Gasteiger partial charge < -0.3 is 9.80 Å². The molecule has 0 spiro atoms. The molecule has 0 saturated carbocycles. The van der Waals surface area contributed by atoms with Crippen molar-refractivity contribution in [2.75, 3.05) is 19.6 Å². The maximum absolute atomic E-state index is 12.7. The summed E-state index contributed by atoms with van der Waals surface area (Å²) in [6.07, 6.45) is 4.73. The van der Waals surface area contributed by atoms with E-state index >= 15 is 0 Å². The number of piperidine rings is 1. The van der Waals surface area contributed by atoms with Crippen LogP contribution in [0.3, 0.4) is 0 Å². The fourth-order valence-electron chi connectivity index (χ4n) is 3.53. The van der Waals surface area contributed by atoms with Crippen molar-refractivity contribution < 1.29 is 9.59 Å². The lowest BCUT2D eigenvalue weighted by Gasteiger charge is -2.35. The number of carbonyl (C=O) groups excluding carboxylic acids is 2. The first kappa shape index (κ1) is 17.9. The van der Waals surface area contributed by atoms with Gasteiger partial charge in [-0.1, -0.05) is 11.6 Å². The minimum absolute atomic E-state index is 0.0567. The molecule has 2 amide bonds. The second-order valence-corrected chi connectivity index (χ2v) is 7.39. The first-order valence-electron chi connectivity index (χ1n) is 8.72. The fourth-order valence-corrected chi connectivity index (χ4v) is 3.68. The van der Waals surface area contributed by atoms with Crippen molar-refractivity contribution in [2.45, 2.75) is 45.6 Å². The molecule has 136 valence electrons. The Morgan fingerprint density at radius 1 is 1.36 bits per heavy atom. The maximum atomic E-state index is 12.7. The maximum Gasteiger partial charge on any atom is 0.242 e.